The summed E-state index contributed by atoms with van der Waals surface area (Å²) in [5.41, 5.74) is 0.876. The fourth-order valence-electron chi connectivity index (χ4n) is 2.69. The molecule has 0 bridgehead atoms. The van der Waals surface area contributed by atoms with E-state index in [0.29, 0.717) is 0 Å². The SMILES string of the molecule is Oc1ccc2c(c1)NCCC1(CCNCC1)O2. The smallest absolute Gasteiger partial charge is 0.143 e. The zero-order chi connectivity index (χ0) is 11.7. The Kier molecular flexibility index (Phi) is 2.59. The average molecular weight is 234 g/mol. The molecule has 3 N–H and O–H groups in total. The molecule has 0 amide bonds. The van der Waals surface area contributed by atoms with E-state index >= 15 is 0 Å². The van der Waals surface area contributed by atoms with Gasteiger partial charge in [-0.2, -0.15) is 0 Å². The van der Waals surface area contributed by atoms with Crippen LogP contribution in [0.1, 0.15) is 19.3 Å². The zero-order valence-electron chi connectivity index (χ0n) is 9.83. The number of rotatable bonds is 0. The maximum atomic E-state index is 9.48. The highest BCUT2D eigenvalue weighted by Gasteiger charge is 2.35. The first kappa shape index (κ1) is 10.7. The van der Waals surface area contributed by atoms with Crippen LogP contribution in [0.25, 0.3) is 0 Å². The molecule has 0 radical (unpaired) electrons. The summed E-state index contributed by atoms with van der Waals surface area (Å²) in [7, 11) is 0. The third-order valence-electron chi connectivity index (χ3n) is 3.70. The van der Waals surface area contributed by atoms with E-state index in [-0.39, 0.29) is 11.4 Å². The molecule has 4 heteroatoms. The van der Waals surface area contributed by atoms with E-state index in [9.17, 15) is 5.11 Å². The Balaban J connectivity index is 1.90. The predicted octanol–water partition coefficient (Wildman–Crippen LogP) is 1.71. The Morgan fingerprint density at radius 3 is 2.71 bits per heavy atom. The number of benzene rings is 1. The lowest BCUT2D eigenvalue weighted by atomic mass is 9.89. The van der Waals surface area contributed by atoms with Crippen molar-refractivity contribution in [2.24, 2.45) is 0 Å². The molecule has 1 spiro atoms. The first-order valence-electron chi connectivity index (χ1n) is 6.24. The van der Waals surface area contributed by atoms with E-state index in [2.05, 4.69) is 10.6 Å². The second-order valence-corrected chi connectivity index (χ2v) is 4.89. The Hall–Kier alpha value is -1.42. The minimum Gasteiger partial charge on any atom is -0.508 e. The summed E-state index contributed by atoms with van der Waals surface area (Å²) in [6.07, 6.45) is 3.12. The molecule has 1 fully saturated rings. The Labute approximate surface area is 101 Å². The predicted molar refractivity (Wildman–Crippen MR) is 66.7 cm³/mol. The first-order chi connectivity index (χ1) is 8.27. The van der Waals surface area contributed by atoms with Crippen molar-refractivity contribution in [1.82, 2.24) is 5.32 Å². The molecular formula is C13H18N2O2. The molecule has 17 heavy (non-hydrogen) atoms. The van der Waals surface area contributed by atoms with E-state index in [1.807, 2.05) is 6.07 Å². The normalized spacial score (nSPS) is 22.1. The van der Waals surface area contributed by atoms with E-state index in [1.165, 1.54) is 0 Å². The van der Waals surface area contributed by atoms with Gasteiger partial charge in [0, 0.05) is 19.0 Å². The van der Waals surface area contributed by atoms with Crippen LogP contribution in [-0.4, -0.2) is 30.3 Å². The number of phenolic OH excluding ortho intramolecular Hbond substituents is 1. The number of anilines is 1. The van der Waals surface area contributed by atoms with Crippen LogP contribution in [0.5, 0.6) is 11.5 Å². The highest BCUT2D eigenvalue weighted by molar-refractivity contribution is 5.60. The van der Waals surface area contributed by atoms with E-state index in [0.717, 1.165) is 50.3 Å². The van der Waals surface area contributed by atoms with Crippen LogP contribution in [0.2, 0.25) is 0 Å². The van der Waals surface area contributed by atoms with E-state index in [4.69, 9.17) is 4.74 Å². The van der Waals surface area contributed by atoms with Gasteiger partial charge in [-0.1, -0.05) is 0 Å². The standard InChI is InChI=1S/C13H18N2O2/c16-10-1-2-12-11(9-10)15-8-5-13(17-12)3-6-14-7-4-13/h1-2,9,14-16H,3-8H2. The summed E-state index contributed by atoms with van der Waals surface area (Å²) in [6.45, 7) is 2.94. The Morgan fingerprint density at radius 2 is 1.88 bits per heavy atom. The van der Waals surface area contributed by atoms with Crippen LogP contribution in [0, 0.1) is 0 Å². The number of piperidine rings is 1. The molecule has 0 aliphatic carbocycles. The van der Waals surface area contributed by atoms with Gasteiger partial charge in [0.05, 0.1) is 5.69 Å². The molecule has 1 aromatic carbocycles. The average Bonchev–Trinajstić information content (AvgIpc) is 2.49. The topological polar surface area (TPSA) is 53.5 Å². The molecule has 2 aliphatic heterocycles. The summed E-state index contributed by atoms with van der Waals surface area (Å²) < 4.78 is 6.23. The molecular weight excluding hydrogens is 216 g/mol. The summed E-state index contributed by atoms with van der Waals surface area (Å²) in [5, 5.41) is 16.2. The van der Waals surface area contributed by atoms with Gasteiger partial charge in [-0.25, -0.2) is 0 Å². The largest absolute Gasteiger partial charge is 0.508 e. The van der Waals surface area contributed by atoms with Crippen LogP contribution in [-0.2, 0) is 0 Å². The van der Waals surface area contributed by atoms with Gasteiger partial charge >= 0.3 is 0 Å². The Bertz CT molecular complexity index is 414. The molecule has 2 heterocycles. The van der Waals surface area contributed by atoms with Gasteiger partial charge in [-0.05, 0) is 38.1 Å². The van der Waals surface area contributed by atoms with Crippen LogP contribution in [0.4, 0.5) is 5.69 Å². The third-order valence-corrected chi connectivity index (χ3v) is 3.70. The fraction of sp³-hybridized carbons (Fsp3) is 0.538. The maximum absolute atomic E-state index is 9.48. The van der Waals surface area contributed by atoms with Crippen LogP contribution < -0.4 is 15.4 Å². The first-order valence-corrected chi connectivity index (χ1v) is 6.24. The van der Waals surface area contributed by atoms with Crippen molar-refractivity contribution in [2.45, 2.75) is 24.9 Å². The third kappa shape index (κ3) is 2.05. The Morgan fingerprint density at radius 1 is 1.12 bits per heavy atom. The highest BCUT2D eigenvalue weighted by atomic mass is 16.5. The molecule has 0 saturated carbocycles. The van der Waals surface area contributed by atoms with Gasteiger partial charge in [0.1, 0.15) is 17.1 Å². The lowest BCUT2D eigenvalue weighted by molar-refractivity contribution is 0.0355. The molecule has 4 nitrogen and oxygen atoms in total. The van der Waals surface area contributed by atoms with E-state index in [1.54, 1.807) is 12.1 Å². The summed E-state index contributed by atoms with van der Waals surface area (Å²) in [4.78, 5) is 0. The number of aromatic hydroxyl groups is 1. The molecule has 2 aliphatic rings. The van der Waals surface area contributed by atoms with Crippen molar-refractivity contribution in [2.75, 3.05) is 25.0 Å². The van der Waals surface area contributed by atoms with Crippen molar-refractivity contribution in [3.05, 3.63) is 18.2 Å². The quantitative estimate of drug-likeness (QED) is 0.639. The number of hydrogen-bond donors (Lipinski definition) is 3. The lowest BCUT2D eigenvalue weighted by Crippen LogP contribution is -2.46. The van der Waals surface area contributed by atoms with Gasteiger partial charge in [0.25, 0.3) is 0 Å². The van der Waals surface area contributed by atoms with Gasteiger partial charge in [-0.15, -0.1) is 0 Å². The van der Waals surface area contributed by atoms with Crippen LogP contribution in [0.15, 0.2) is 18.2 Å². The second kappa shape index (κ2) is 4.11. The van der Waals surface area contributed by atoms with Crippen molar-refractivity contribution >= 4 is 5.69 Å². The van der Waals surface area contributed by atoms with Crippen molar-refractivity contribution in [3.8, 4) is 11.5 Å². The molecule has 3 rings (SSSR count). The number of ether oxygens (including phenoxy) is 1. The lowest BCUT2D eigenvalue weighted by Gasteiger charge is -2.36. The van der Waals surface area contributed by atoms with Gasteiger partial charge in [0.15, 0.2) is 0 Å². The fourth-order valence-corrected chi connectivity index (χ4v) is 2.69. The van der Waals surface area contributed by atoms with Crippen molar-refractivity contribution in [1.29, 1.82) is 0 Å². The van der Waals surface area contributed by atoms with Crippen LogP contribution >= 0.6 is 0 Å². The second-order valence-electron chi connectivity index (χ2n) is 4.89. The highest BCUT2D eigenvalue weighted by Crippen LogP contribution is 2.38. The molecule has 92 valence electrons. The van der Waals surface area contributed by atoms with E-state index < -0.39 is 0 Å². The van der Waals surface area contributed by atoms with Crippen molar-refractivity contribution in [3.63, 3.8) is 0 Å². The molecule has 1 aromatic rings. The number of nitrogens with one attached hydrogen (secondary N) is 2. The summed E-state index contributed by atoms with van der Waals surface area (Å²) >= 11 is 0. The molecule has 0 unspecified atom stereocenters. The minimum atomic E-state index is -0.0273. The van der Waals surface area contributed by atoms with Gasteiger partial charge in [0.2, 0.25) is 0 Å². The molecule has 1 saturated heterocycles. The summed E-state index contributed by atoms with van der Waals surface area (Å²) in [5.74, 6) is 1.14. The van der Waals surface area contributed by atoms with Crippen molar-refractivity contribution < 1.29 is 9.84 Å². The minimum absolute atomic E-state index is 0.0273. The number of hydrogen-bond acceptors (Lipinski definition) is 4. The molecule has 0 atom stereocenters. The van der Waals surface area contributed by atoms with Gasteiger partial charge in [-0.3, -0.25) is 0 Å². The summed E-state index contributed by atoms with van der Waals surface area (Å²) in [6, 6.07) is 5.27. The molecule has 0 aromatic heterocycles. The number of fused-ring (bicyclic) bond motifs is 1. The van der Waals surface area contributed by atoms with Gasteiger partial charge < -0.3 is 20.5 Å². The maximum Gasteiger partial charge on any atom is 0.143 e. The van der Waals surface area contributed by atoms with Crippen LogP contribution in [0.3, 0.4) is 0 Å². The monoisotopic (exact) mass is 234 g/mol. The zero-order valence-corrected chi connectivity index (χ0v) is 9.83. The number of phenols is 1.